The molecule has 0 aromatic heterocycles. The largest absolute Gasteiger partial charge is 0.481 e. The molecule has 1 aromatic rings. The molecule has 5 nitrogen and oxygen atoms in total. The van der Waals surface area contributed by atoms with E-state index in [4.69, 9.17) is 9.84 Å². The van der Waals surface area contributed by atoms with E-state index in [1.807, 2.05) is 35.2 Å². The Morgan fingerprint density at radius 2 is 2.05 bits per heavy atom. The van der Waals surface area contributed by atoms with E-state index in [-0.39, 0.29) is 5.97 Å². The lowest BCUT2D eigenvalue weighted by molar-refractivity contribution is -0.146. The van der Waals surface area contributed by atoms with Crippen LogP contribution in [-0.4, -0.2) is 41.6 Å². The smallest absolute Gasteiger partial charge is 0.323 e. The molecule has 1 aliphatic heterocycles. The van der Waals surface area contributed by atoms with Gasteiger partial charge in [-0.1, -0.05) is 30.3 Å². The van der Waals surface area contributed by atoms with Crippen molar-refractivity contribution in [3.8, 4) is 0 Å². The molecular formula is C14H17NO4. The van der Waals surface area contributed by atoms with E-state index in [1.54, 1.807) is 0 Å². The number of carbonyl (C=O) groups is 2. The van der Waals surface area contributed by atoms with Crippen molar-refractivity contribution in [1.29, 1.82) is 0 Å². The molecule has 2 rings (SSSR count). The summed E-state index contributed by atoms with van der Waals surface area (Å²) in [6.07, 6.45) is 0.314. The molecule has 1 heterocycles. The Labute approximate surface area is 111 Å². The van der Waals surface area contributed by atoms with Gasteiger partial charge >= 0.3 is 11.9 Å². The molecule has 1 N–H and O–H groups in total. The number of carboxylic acids is 1. The van der Waals surface area contributed by atoms with Gasteiger partial charge in [0.2, 0.25) is 0 Å². The van der Waals surface area contributed by atoms with Crippen molar-refractivity contribution in [3.05, 3.63) is 35.9 Å². The zero-order chi connectivity index (χ0) is 13.8. The summed E-state index contributed by atoms with van der Waals surface area (Å²) in [5.74, 6) is -1.73. The molecule has 0 bridgehead atoms. The Balaban J connectivity index is 2.11. The minimum atomic E-state index is -0.857. The summed E-state index contributed by atoms with van der Waals surface area (Å²) in [4.78, 5) is 24.7. The van der Waals surface area contributed by atoms with Gasteiger partial charge in [-0.3, -0.25) is 14.5 Å². The van der Waals surface area contributed by atoms with Crippen molar-refractivity contribution in [2.24, 2.45) is 5.92 Å². The van der Waals surface area contributed by atoms with Crippen LogP contribution in [0.2, 0.25) is 0 Å². The molecule has 1 fully saturated rings. The maximum Gasteiger partial charge on any atom is 0.323 e. The molecule has 1 unspecified atom stereocenters. The molecule has 19 heavy (non-hydrogen) atoms. The molecular weight excluding hydrogens is 246 g/mol. The van der Waals surface area contributed by atoms with Crippen molar-refractivity contribution >= 4 is 11.9 Å². The van der Waals surface area contributed by atoms with Gasteiger partial charge in [0.1, 0.15) is 6.04 Å². The third-order valence-corrected chi connectivity index (χ3v) is 3.45. The number of methoxy groups -OCH3 is 1. The summed E-state index contributed by atoms with van der Waals surface area (Å²) >= 11 is 0. The molecule has 0 amide bonds. The van der Waals surface area contributed by atoms with Gasteiger partial charge in [-0.05, 0) is 12.0 Å². The lowest BCUT2D eigenvalue weighted by Gasteiger charge is -2.22. The van der Waals surface area contributed by atoms with E-state index in [2.05, 4.69) is 0 Å². The average Bonchev–Trinajstić information content (AvgIpc) is 2.83. The summed E-state index contributed by atoms with van der Waals surface area (Å²) in [7, 11) is 1.33. The van der Waals surface area contributed by atoms with Gasteiger partial charge in [0.05, 0.1) is 13.0 Å². The number of carboxylic acid groups (broad SMARTS) is 1. The first-order chi connectivity index (χ1) is 9.11. The van der Waals surface area contributed by atoms with Crippen molar-refractivity contribution in [1.82, 2.24) is 4.90 Å². The molecule has 2 atom stereocenters. The van der Waals surface area contributed by atoms with E-state index >= 15 is 0 Å². The van der Waals surface area contributed by atoms with Crippen LogP contribution in [0.3, 0.4) is 0 Å². The summed E-state index contributed by atoms with van der Waals surface area (Å²) in [6.45, 7) is 0.939. The maximum atomic E-state index is 11.7. The minimum absolute atomic E-state index is 0.314. The van der Waals surface area contributed by atoms with Crippen LogP contribution in [-0.2, 0) is 20.9 Å². The number of hydrogen-bond acceptors (Lipinski definition) is 4. The van der Waals surface area contributed by atoms with Gasteiger partial charge in [0.25, 0.3) is 0 Å². The highest BCUT2D eigenvalue weighted by molar-refractivity contribution is 5.79. The molecule has 5 heteroatoms. The first kappa shape index (κ1) is 13.5. The van der Waals surface area contributed by atoms with Gasteiger partial charge in [0.15, 0.2) is 0 Å². The number of benzene rings is 1. The number of aliphatic carboxylic acids is 1. The maximum absolute atomic E-state index is 11.7. The van der Waals surface area contributed by atoms with Crippen LogP contribution in [0.25, 0.3) is 0 Å². The van der Waals surface area contributed by atoms with Crippen LogP contribution in [0, 0.1) is 5.92 Å². The summed E-state index contributed by atoms with van der Waals surface area (Å²) < 4.78 is 4.76. The van der Waals surface area contributed by atoms with Crippen LogP contribution in [0.1, 0.15) is 12.0 Å². The van der Waals surface area contributed by atoms with Crippen LogP contribution < -0.4 is 0 Å². The van der Waals surface area contributed by atoms with E-state index in [0.717, 1.165) is 5.56 Å². The van der Waals surface area contributed by atoms with Gasteiger partial charge < -0.3 is 9.84 Å². The lowest BCUT2D eigenvalue weighted by atomic mass is 10.1. The summed E-state index contributed by atoms with van der Waals surface area (Å²) in [5.41, 5.74) is 1.06. The highest BCUT2D eigenvalue weighted by Gasteiger charge is 2.40. The second-order valence-electron chi connectivity index (χ2n) is 4.72. The van der Waals surface area contributed by atoms with Crippen molar-refractivity contribution < 1.29 is 19.4 Å². The fourth-order valence-corrected chi connectivity index (χ4v) is 2.46. The van der Waals surface area contributed by atoms with Gasteiger partial charge in [-0.15, -0.1) is 0 Å². The highest BCUT2D eigenvalue weighted by atomic mass is 16.5. The SMILES string of the molecule is COC(=O)C1C[C@@H](C(=O)O)CN1Cc1ccccc1. The number of esters is 1. The number of ether oxygens (including phenoxy) is 1. The number of hydrogen-bond donors (Lipinski definition) is 1. The quantitative estimate of drug-likeness (QED) is 0.825. The number of carbonyl (C=O) groups excluding carboxylic acids is 1. The fourth-order valence-electron chi connectivity index (χ4n) is 2.46. The first-order valence-electron chi connectivity index (χ1n) is 6.20. The average molecular weight is 263 g/mol. The lowest BCUT2D eigenvalue weighted by Crippen LogP contribution is -2.36. The number of nitrogens with zero attached hydrogens (tertiary/aromatic N) is 1. The normalized spacial score (nSPS) is 23.2. The van der Waals surface area contributed by atoms with Gasteiger partial charge in [-0.2, -0.15) is 0 Å². The molecule has 0 aliphatic carbocycles. The van der Waals surface area contributed by atoms with Crippen LogP contribution in [0.4, 0.5) is 0 Å². The van der Waals surface area contributed by atoms with E-state index < -0.39 is 17.9 Å². The zero-order valence-corrected chi connectivity index (χ0v) is 10.8. The minimum Gasteiger partial charge on any atom is -0.481 e. The highest BCUT2D eigenvalue weighted by Crippen LogP contribution is 2.26. The second kappa shape index (κ2) is 5.84. The summed E-state index contributed by atoms with van der Waals surface area (Å²) in [5, 5.41) is 9.09. The third kappa shape index (κ3) is 3.12. The molecule has 1 aromatic carbocycles. The third-order valence-electron chi connectivity index (χ3n) is 3.45. The molecule has 0 saturated carbocycles. The molecule has 0 spiro atoms. The Bertz CT molecular complexity index is 460. The Morgan fingerprint density at radius 3 is 2.63 bits per heavy atom. The summed E-state index contributed by atoms with van der Waals surface area (Å²) in [6, 6.07) is 9.22. The van der Waals surface area contributed by atoms with E-state index in [9.17, 15) is 9.59 Å². The Hall–Kier alpha value is -1.88. The predicted molar refractivity (Wildman–Crippen MR) is 68.4 cm³/mol. The van der Waals surface area contributed by atoms with Crippen molar-refractivity contribution in [2.75, 3.05) is 13.7 Å². The van der Waals surface area contributed by atoms with Crippen LogP contribution in [0.5, 0.6) is 0 Å². The Morgan fingerprint density at radius 1 is 1.37 bits per heavy atom. The van der Waals surface area contributed by atoms with Gasteiger partial charge in [0, 0.05) is 13.1 Å². The van der Waals surface area contributed by atoms with Crippen LogP contribution in [0.15, 0.2) is 30.3 Å². The van der Waals surface area contributed by atoms with Crippen molar-refractivity contribution in [3.63, 3.8) is 0 Å². The fraction of sp³-hybridized carbons (Fsp3) is 0.429. The number of likely N-dealkylation sites (tertiary alicyclic amines) is 1. The topological polar surface area (TPSA) is 66.8 Å². The van der Waals surface area contributed by atoms with Crippen molar-refractivity contribution in [2.45, 2.75) is 19.0 Å². The molecule has 0 radical (unpaired) electrons. The molecule has 1 saturated heterocycles. The van der Waals surface area contributed by atoms with E-state index in [0.29, 0.717) is 19.5 Å². The van der Waals surface area contributed by atoms with Crippen LogP contribution >= 0.6 is 0 Å². The first-order valence-corrected chi connectivity index (χ1v) is 6.20. The molecule has 102 valence electrons. The second-order valence-corrected chi connectivity index (χ2v) is 4.72. The number of rotatable bonds is 4. The predicted octanol–water partition coefficient (Wildman–Crippen LogP) is 1.13. The van der Waals surface area contributed by atoms with E-state index in [1.165, 1.54) is 7.11 Å². The Kier molecular flexibility index (Phi) is 4.16. The van der Waals surface area contributed by atoms with Gasteiger partial charge in [-0.25, -0.2) is 0 Å². The standard InChI is InChI=1S/C14H17NO4/c1-19-14(18)12-7-11(13(16)17)9-15(12)8-10-5-3-2-4-6-10/h2-6,11-12H,7-9H2,1H3,(H,16,17)/t11-,12?/m1/s1. The monoisotopic (exact) mass is 263 g/mol. The molecule has 1 aliphatic rings. The zero-order valence-electron chi connectivity index (χ0n) is 10.8.